The van der Waals surface area contributed by atoms with Gasteiger partial charge in [-0.05, 0) is 32.3 Å². The van der Waals surface area contributed by atoms with Gasteiger partial charge in [0, 0.05) is 37.9 Å². The molecule has 1 atom stereocenters. The molecule has 1 fully saturated rings. The van der Waals surface area contributed by atoms with E-state index in [4.69, 9.17) is 5.73 Å². The van der Waals surface area contributed by atoms with E-state index in [1.807, 2.05) is 0 Å². The van der Waals surface area contributed by atoms with E-state index in [1.54, 1.807) is 0 Å². The zero-order valence-electron chi connectivity index (χ0n) is 11.0. The molecule has 4 heteroatoms. The summed E-state index contributed by atoms with van der Waals surface area (Å²) in [6.45, 7) is 7.58. The van der Waals surface area contributed by atoms with Crippen LogP contribution < -0.4 is 5.73 Å². The van der Waals surface area contributed by atoms with E-state index in [2.05, 4.69) is 40.8 Å². The molecule has 0 bridgehead atoms. The molecule has 96 valence electrons. The van der Waals surface area contributed by atoms with Crippen LogP contribution in [0.3, 0.4) is 0 Å². The van der Waals surface area contributed by atoms with E-state index >= 15 is 0 Å². The molecule has 1 aromatic heterocycles. The molecule has 2 heterocycles. The van der Waals surface area contributed by atoms with Crippen molar-refractivity contribution in [3.05, 3.63) is 18.0 Å². The third-order valence-corrected chi connectivity index (χ3v) is 3.72. The number of piperidine rings is 1. The van der Waals surface area contributed by atoms with Gasteiger partial charge in [-0.25, -0.2) is 0 Å². The Kier molecular flexibility index (Phi) is 4.18. The first-order chi connectivity index (χ1) is 8.19. The highest BCUT2D eigenvalue weighted by Gasteiger charge is 2.17. The van der Waals surface area contributed by atoms with Crippen molar-refractivity contribution in [1.82, 2.24) is 14.7 Å². The van der Waals surface area contributed by atoms with E-state index in [-0.39, 0.29) is 0 Å². The standard InChI is InChI=1S/C13H24N4/c1-3-11(2)17-9-6-13(15-17)10-16-7-4-12(14)5-8-16/h6,9,11-12H,3-5,7-8,10,14H2,1-2H3. The summed E-state index contributed by atoms with van der Waals surface area (Å²) in [5.74, 6) is 0. The minimum atomic E-state index is 0.406. The van der Waals surface area contributed by atoms with Crippen molar-refractivity contribution in [1.29, 1.82) is 0 Å². The van der Waals surface area contributed by atoms with Crippen LogP contribution in [-0.4, -0.2) is 33.8 Å². The van der Waals surface area contributed by atoms with Crippen LogP contribution in [0.2, 0.25) is 0 Å². The second kappa shape index (κ2) is 5.65. The number of hydrogen-bond acceptors (Lipinski definition) is 3. The lowest BCUT2D eigenvalue weighted by atomic mass is 10.1. The van der Waals surface area contributed by atoms with Crippen LogP contribution in [0.1, 0.15) is 44.8 Å². The maximum atomic E-state index is 5.91. The molecule has 0 spiro atoms. The molecule has 1 aliphatic heterocycles. The molecule has 1 aromatic rings. The van der Waals surface area contributed by atoms with Crippen molar-refractivity contribution in [2.45, 2.75) is 51.7 Å². The van der Waals surface area contributed by atoms with Crippen molar-refractivity contribution in [2.75, 3.05) is 13.1 Å². The molecule has 4 nitrogen and oxygen atoms in total. The monoisotopic (exact) mass is 236 g/mol. The molecule has 0 aromatic carbocycles. The second-order valence-corrected chi connectivity index (χ2v) is 5.16. The van der Waals surface area contributed by atoms with E-state index in [9.17, 15) is 0 Å². The highest BCUT2D eigenvalue weighted by atomic mass is 15.3. The van der Waals surface area contributed by atoms with Crippen molar-refractivity contribution in [2.24, 2.45) is 5.73 Å². The zero-order valence-corrected chi connectivity index (χ0v) is 11.0. The SMILES string of the molecule is CCC(C)n1ccc(CN2CCC(N)CC2)n1. The number of hydrogen-bond donors (Lipinski definition) is 1. The Morgan fingerprint density at radius 2 is 2.18 bits per heavy atom. The van der Waals surface area contributed by atoms with E-state index in [1.165, 1.54) is 5.69 Å². The molecule has 0 saturated carbocycles. The van der Waals surface area contributed by atoms with Crippen LogP contribution in [0.5, 0.6) is 0 Å². The normalized spacial score (nSPS) is 20.6. The van der Waals surface area contributed by atoms with Gasteiger partial charge in [-0.15, -0.1) is 0 Å². The fourth-order valence-corrected chi connectivity index (χ4v) is 2.23. The topological polar surface area (TPSA) is 47.1 Å². The summed E-state index contributed by atoms with van der Waals surface area (Å²) in [6.07, 6.45) is 5.46. The Bertz CT molecular complexity index is 339. The van der Waals surface area contributed by atoms with Gasteiger partial charge < -0.3 is 5.73 Å². The molecule has 2 rings (SSSR count). The maximum Gasteiger partial charge on any atom is 0.0764 e. The summed E-state index contributed by atoms with van der Waals surface area (Å²) in [7, 11) is 0. The van der Waals surface area contributed by atoms with Crippen LogP contribution in [0.25, 0.3) is 0 Å². The van der Waals surface area contributed by atoms with Gasteiger partial charge in [0.25, 0.3) is 0 Å². The first-order valence-corrected chi connectivity index (χ1v) is 6.71. The highest BCUT2D eigenvalue weighted by Crippen LogP contribution is 2.13. The fourth-order valence-electron chi connectivity index (χ4n) is 2.23. The van der Waals surface area contributed by atoms with Crippen molar-refractivity contribution >= 4 is 0 Å². The van der Waals surface area contributed by atoms with Crippen LogP contribution in [-0.2, 0) is 6.54 Å². The second-order valence-electron chi connectivity index (χ2n) is 5.16. The predicted octanol–water partition coefficient (Wildman–Crippen LogP) is 1.78. The molecule has 1 aliphatic rings. The third-order valence-electron chi connectivity index (χ3n) is 3.72. The first kappa shape index (κ1) is 12.6. The highest BCUT2D eigenvalue weighted by molar-refractivity contribution is 5.00. The fraction of sp³-hybridized carbons (Fsp3) is 0.769. The smallest absolute Gasteiger partial charge is 0.0764 e. The van der Waals surface area contributed by atoms with Gasteiger partial charge in [0.2, 0.25) is 0 Å². The van der Waals surface area contributed by atoms with E-state index < -0.39 is 0 Å². The number of nitrogens with two attached hydrogens (primary N) is 1. The lowest BCUT2D eigenvalue weighted by Gasteiger charge is -2.29. The Morgan fingerprint density at radius 3 is 2.82 bits per heavy atom. The van der Waals surface area contributed by atoms with Gasteiger partial charge in [-0.2, -0.15) is 5.10 Å². The zero-order chi connectivity index (χ0) is 12.3. The minimum Gasteiger partial charge on any atom is -0.328 e. The predicted molar refractivity (Wildman–Crippen MR) is 69.7 cm³/mol. The number of rotatable bonds is 4. The van der Waals surface area contributed by atoms with Gasteiger partial charge >= 0.3 is 0 Å². The first-order valence-electron chi connectivity index (χ1n) is 6.71. The number of nitrogens with zero attached hydrogens (tertiary/aromatic N) is 3. The summed E-state index contributed by atoms with van der Waals surface area (Å²) in [4.78, 5) is 2.45. The Hall–Kier alpha value is -0.870. The molecule has 1 saturated heterocycles. The molecule has 0 radical (unpaired) electrons. The molecule has 2 N–H and O–H groups in total. The molecular weight excluding hydrogens is 212 g/mol. The van der Waals surface area contributed by atoms with Gasteiger partial charge in [0.15, 0.2) is 0 Å². The number of aromatic nitrogens is 2. The maximum absolute atomic E-state index is 5.91. The van der Waals surface area contributed by atoms with Crippen LogP contribution in [0.4, 0.5) is 0 Å². The lowest BCUT2D eigenvalue weighted by molar-refractivity contribution is 0.203. The van der Waals surface area contributed by atoms with E-state index in [0.29, 0.717) is 12.1 Å². The summed E-state index contributed by atoms with van der Waals surface area (Å²) in [5, 5.41) is 4.64. The number of likely N-dealkylation sites (tertiary alicyclic amines) is 1. The Balaban J connectivity index is 1.88. The summed E-state index contributed by atoms with van der Waals surface area (Å²) in [5.41, 5.74) is 7.09. The van der Waals surface area contributed by atoms with Gasteiger partial charge in [-0.3, -0.25) is 9.58 Å². The molecule has 1 unspecified atom stereocenters. The molecular formula is C13H24N4. The average Bonchev–Trinajstić information content (AvgIpc) is 2.80. The largest absolute Gasteiger partial charge is 0.328 e. The Labute approximate surface area is 104 Å². The summed E-state index contributed by atoms with van der Waals surface area (Å²) < 4.78 is 2.07. The van der Waals surface area contributed by atoms with E-state index in [0.717, 1.165) is 38.9 Å². The lowest BCUT2D eigenvalue weighted by Crippen LogP contribution is -2.39. The Morgan fingerprint density at radius 1 is 1.47 bits per heavy atom. The van der Waals surface area contributed by atoms with Crippen LogP contribution in [0, 0.1) is 0 Å². The van der Waals surface area contributed by atoms with Crippen molar-refractivity contribution < 1.29 is 0 Å². The van der Waals surface area contributed by atoms with Crippen molar-refractivity contribution in [3.63, 3.8) is 0 Å². The quantitative estimate of drug-likeness (QED) is 0.867. The molecule has 0 amide bonds. The minimum absolute atomic E-state index is 0.406. The average molecular weight is 236 g/mol. The van der Waals surface area contributed by atoms with Gasteiger partial charge in [0.05, 0.1) is 5.69 Å². The molecule has 0 aliphatic carbocycles. The third kappa shape index (κ3) is 3.30. The van der Waals surface area contributed by atoms with Crippen molar-refractivity contribution in [3.8, 4) is 0 Å². The summed E-state index contributed by atoms with van der Waals surface area (Å²) in [6, 6.07) is 3.04. The van der Waals surface area contributed by atoms with Gasteiger partial charge in [-0.1, -0.05) is 6.92 Å². The molecule has 17 heavy (non-hydrogen) atoms. The summed E-state index contributed by atoms with van der Waals surface area (Å²) >= 11 is 0. The van der Waals surface area contributed by atoms with Gasteiger partial charge in [0.1, 0.15) is 0 Å². The van der Waals surface area contributed by atoms with Crippen LogP contribution in [0.15, 0.2) is 12.3 Å². The van der Waals surface area contributed by atoms with Crippen LogP contribution >= 0.6 is 0 Å².